The van der Waals surface area contributed by atoms with Gasteiger partial charge in [-0.25, -0.2) is 0 Å². The molecular formula is C9H20O2. The molecule has 0 aromatic carbocycles. The Morgan fingerprint density at radius 1 is 0.909 bits per heavy atom. The highest BCUT2D eigenvalue weighted by Crippen LogP contribution is 2.31. The minimum absolute atomic E-state index is 0.0394. The van der Waals surface area contributed by atoms with Crippen LogP contribution in [0.25, 0.3) is 0 Å². The lowest BCUT2D eigenvalue weighted by Crippen LogP contribution is -2.38. The summed E-state index contributed by atoms with van der Waals surface area (Å²) in [5.74, 6) is -0.0532. The summed E-state index contributed by atoms with van der Waals surface area (Å²) in [5, 5.41) is 18.7. The maximum Gasteiger partial charge on any atom is 0.0569 e. The van der Waals surface area contributed by atoms with Gasteiger partial charge in [0.2, 0.25) is 0 Å². The summed E-state index contributed by atoms with van der Waals surface area (Å²) in [4.78, 5) is 0. The van der Waals surface area contributed by atoms with E-state index in [1.165, 1.54) is 0 Å². The van der Waals surface area contributed by atoms with Gasteiger partial charge in [0.05, 0.1) is 12.2 Å². The summed E-state index contributed by atoms with van der Waals surface area (Å²) in [6.45, 7) is 9.52. The number of aliphatic hydroxyl groups excluding tert-OH is 2. The van der Waals surface area contributed by atoms with Crippen LogP contribution in [-0.4, -0.2) is 22.4 Å². The monoisotopic (exact) mass is 160 g/mol. The third-order valence-electron chi connectivity index (χ3n) is 2.04. The maximum absolute atomic E-state index is 9.36. The van der Waals surface area contributed by atoms with E-state index in [0.29, 0.717) is 0 Å². The molecule has 0 aliphatic heterocycles. The van der Waals surface area contributed by atoms with Gasteiger partial charge in [0, 0.05) is 5.92 Å². The van der Waals surface area contributed by atoms with E-state index in [4.69, 9.17) is 0 Å². The molecule has 0 rings (SSSR count). The van der Waals surface area contributed by atoms with Gasteiger partial charge in [-0.05, 0) is 19.3 Å². The molecule has 2 N–H and O–H groups in total. The molecule has 2 heteroatoms. The van der Waals surface area contributed by atoms with Crippen LogP contribution < -0.4 is 0 Å². The van der Waals surface area contributed by atoms with Crippen molar-refractivity contribution in [3.05, 3.63) is 0 Å². The van der Waals surface area contributed by atoms with Crippen LogP contribution >= 0.6 is 0 Å². The average molecular weight is 160 g/mol. The van der Waals surface area contributed by atoms with Crippen molar-refractivity contribution in [3.63, 3.8) is 0 Å². The fourth-order valence-corrected chi connectivity index (χ4v) is 1.85. The maximum atomic E-state index is 9.36. The quantitative estimate of drug-likeness (QED) is 0.641. The van der Waals surface area contributed by atoms with Crippen molar-refractivity contribution in [2.24, 2.45) is 11.3 Å². The fraction of sp³-hybridized carbons (Fsp3) is 1.00. The second kappa shape index (κ2) is 3.55. The summed E-state index contributed by atoms with van der Waals surface area (Å²) in [7, 11) is 0. The molecule has 0 aromatic rings. The Balaban J connectivity index is 4.35. The first-order chi connectivity index (χ1) is 4.76. The molecular weight excluding hydrogens is 140 g/mol. The molecule has 0 fully saturated rings. The predicted molar refractivity (Wildman–Crippen MR) is 46.3 cm³/mol. The number of aliphatic hydroxyl groups is 2. The van der Waals surface area contributed by atoms with Crippen LogP contribution in [-0.2, 0) is 0 Å². The third kappa shape index (κ3) is 3.21. The summed E-state index contributed by atoms with van der Waals surface area (Å²) in [5.41, 5.74) is -0.0394. The Labute approximate surface area is 69.2 Å². The zero-order valence-electron chi connectivity index (χ0n) is 8.13. The Kier molecular flexibility index (Phi) is 3.52. The van der Waals surface area contributed by atoms with Gasteiger partial charge < -0.3 is 10.2 Å². The van der Waals surface area contributed by atoms with E-state index in [2.05, 4.69) is 0 Å². The first kappa shape index (κ1) is 10.9. The molecule has 0 saturated heterocycles. The Hall–Kier alpha value is -0.0800. The van der Waals surface area contributed by atoms with Crippen molar-refractivity contribution in [3.8, 4) is 0 Å². The van der Waals surface area contributed by atoms with Crippen LogP contribution in [0.15, 0.2) is 0 Å². The van der Waals surface area contributed by atoms with Crippen molar-refractivity contribution in [2.75, 3.05) is 0 Å². The number of hydrogen-bond acceptors (Lipinski definition) is 2. The van der Waals surface area contributed by atoms with Crippen LogP contribution in [0.1, 0.15) is 34.6 Å². The molecule has 0 saturated carbocycles. The van der Waals surface area contributed by atoms with Gasteiger partial charge >= 0.3 is 0 Å². The third-order valence-corrected chi connectivity index (χ3v) is 2.04. The Bertz CT molecular complexity index is 103. The lowest BCUT2D eigenvalue weighted by atomic mass is 9.75. The van der Waals surface area contributed by atoms with Crippen molar-refractivity contribution in [1.29, 1.82) is 0 Å². The summed E-state index contributed by atoms with van der Waals surface area (Å²) in [6, 6.07) is 0. The molecule has 0 amide bonds. The van der Waals surface area contributed by atoms with Crippen molar-refractivity contribution in [2.45, 2.75) is 46.8 Å². The topological polar surface area (TPSA) is 40.5 Å². The molecule has 68 valence electrons. The fourth-order valence-electron chi connectivity index (χ4n) is 1.85. The van der Waals surface area contributed by atoms with Crippen LogP contribution in [0.4, 0.5) is 0 Å². The minimum Gasteiger partial charge on any atom is -0.393 e. The van der Waals surface area contributed by atoms with Crippen molar-refractivity contribution < 1.29 is 10.2 Å². The molecule has 0 unspecified atom stereocenters. The first-order valence-electron chi connectivity index (χ1n) is 4.13. The van der Waals surface area contributed by atoms with Crippen LogP contribution in [0.2, 0.25) is 0 Å². The van der Waals surface area contributed by atoms with Crippen molar-refractivity contribution >= 4 is 0 Å². The van der Waals surface area contributed by atoms with Gasteiger partial charge in [-0.3, -0.25) is 0 Å². The van der Waals surface area contributed by atoms with Gasteiger partial charge in [0.1, 0.15) is 0 Å². The molecule has 0 aliphatic carbocycles. The van der Waals surface area contributed by atoms with E-state index < -0.39 is 12.2 Å². The molecule has 0 aliphatic rings. The van der Waals surface area contributed by atoms with E-state index in [-0.39, 0.29) is 11.3 Å². The Morgan fingerprint density at radius 2 is 1.18 bits per heavy atom. The van der Waals surface area contributed by atoms with Crippen molar-refractivity contribution in [1.82, 2.24) is 0 Å². The van der Waals surface area contributed by atoms with E-state index >= 15 is 0 Å². The average Bonchev–Trinajstić information content (AvgIpc) is 1.54. The van der Waals surface area contributed by atoms with Crippen LogP contribution in [0.5, 0.6) is 0 Å². The molecule has 0 radical (unpaired) electrons. The SMILES string of the molecule is C[C@H](O)C([C@H](C)O)C(C)(C)C. The van der Waals surface area contributed by atoms with Gasteiger partial charge in [-0.15, -0.1) is 0 Å². The second-order valence-corrected chi connectivity index (χ2v) is 4.37. The van der Waals surface area contributed by atoms with E-state index in [1.54, 1.807) is 13.8 Å². The van der Waals surface area contributed by atoms with E-state index in [9.17, 15) is 10.2 Å². The molecule has 11 heavy (non-hydrogen) atoms. The van der Waals surface area contributed by atoms with Gasteiger partial charge in [-0.1, -0.05) is 20.8 Å². The van der Waals surface area contributed by atoms with E-state index in [1.807, 2.05) is 20.8 Å². The molecule has 2 atom stereocenters. The van der Waals surface area contributed by atoms with Gasteiger partial charge in [0.15, 0.2) is 0 Å². The molecule has 2 nitrogen and oxygen atoms in total. The van der Waals surface area contributed by atoms with Gasteiger partial charge in [0.25, 0.3) is 0 Å². The smallest absolute Gasteiger partial charge is 0.0569 e. The van der Waals surface area contributed by atoms with Crippen LogP contribution in [0, 0.1) is 11.3 Å². The lowest BCUT2D eigenvalue weighted by molar-refractivity contribution is -0.0269. The minimum atomic E-state index is -0.449. The second-order valence-electron chi connectivity index (χ2n) is 4.37. The molecule has 0 heterocycles. The number of hydrogen-bond donors (Lipinski definition) is 2. The molecule has 0 bridgehead atoms. The summed E-state index contributed by atoms with van der Waals surface area (Å²) in [6.07, 6.45) is -0.898. The highest BCUT2D eigenvalue weighted by molar-refractivity contribution is 4.81. The normalized spacial score (nSPS) is 18.5. The molecule has 0 aromatic heterocycles. The highest BCUT2D eigenvalue weighted by atomic mass is 16.3. The predicted octanol–water partition coefficient (Wildman–Crippen LogP) is 1.41. The zero-order valence-corrected chi connectivity index (χ0v) is 8.13. The Morgan fingerprint density at radius 3 is 1.18 bits per heavy atom. The summed E-state index contributed by atoms with van der Waals surface area (Å²) < 4.78 is 0. The zero-order chi connectivity index (χ0) is 9.23. The number of rotatable bonds is 2. The largest absolute Gasteiger partial charge is 0.393 e. The van der Waals surface area contributed by atoms with Crippen LogP contribution in [0.3, 0.4) is 0 Å². The highest BCUT2D eigenvalue weighted by Gasteiger charge is 2.32. The lowest BCUT2D eigenvalue weighted by Gasteiger charge is -2.35. The van der Waals surface area contributed by atoms with E-state index in [0.717, 1.165) is 0 Å². The van der Waals surface area contributed by atoms with Gasteiger partial charge in [-0.2, -0.15) is 0 Å². The summed E-state index contributed by atoms with van der Waals surface area (Å²) >= 11 is 0. The standard InChI is InChI=1S/C9H20O2/c1-6(10)8(7(2)11)9(3,4)5/h6-8,10-11H,1-5H3/t6-,7-/m0/s1. The molecule has 0 spiro atoms. The first-order valence-corrected chi connectivity index (χ1v) is 4.13.